The summed E-state index contributed by atoms with van der Waals surface area (Å²) in [6.45, 7) is 0. The maximum absolute atomic E-state index is 11.1. The van der Waals surface area contributed by atoms with Crippen molar-refractivity contribution in [3.8, 4) is 5.75 Å². The average Bonchev–Trinajstić information content (AvgIpc) is 2.15. The Kier molecular flexibility index (Phi) is 3.20. The summed E-state index contributed by atoms with van der Waals surface area (Å²) < 4.78 is 22.2. The van der Waals surface area contributed by atoms with Crippen molar-refractivity contribution in [2.45, 2.75) is 11.0 Å². The lowest BCUT2D eigenvalue weighted by Crippen LogP contribution is -2.11. The number of sulfone groups is 1. The predicted molar refractivity (Wildman–Crippen MR) is 53.8 cm³/mol. The number of aliphatic carboxylic acids is 1. The van der Waals surface area contributed by atoms with Crippen LogP contribution in [0.5, 0.6) is 5.75 Å². The van der Waals surface area contributed by atoms with E-state index in [-0.39, 0.29) is 10.5 Å². The lowest BCUT2D eigenvalue weighted by molar-refractivity contribution is -0.147. The number of benzene rings is 1. The van der Waals surface area contributed by atoms with Gasteiger partial charge in [0.2, 0.25) is 0 Å². The minimum atomic E-state index is -3.48. The van der Waals surface area contributed by atoms with Gasteiger partial charge >= 0.3 is 5.97 Å². The van der Waals surface area contributed by atoms with Gasteiger partial charge in [-0.15, -0.1) is 0 Å². The van der Waals surface area contributed by atoms with Crippen molar-refractivity contribution in [2.24, 2.45) is 0 Å². The molecule has 0 fully saturated rings. The van der Waals surface area contributed by atoms with Crippen molar-refractivity contribution >= 4 is 15.8 Å². The van der Waals surface area contributed by atoms with Gasteiger partial charge in [0.25, 0.3) is 0 Å². The normalized spacial score (nSPS) is 13.4. The molecule has 0 bridgehead atoms. The van der Waals surface area contributed by atoms with E-state index in [2.05, 4.69) is 0 Å². The third-order valence-electron chi connectivity index (χ3n) is 1.96. The van der Waals surface area contributed by atoms with Gasteiger partial charge in [0.1, 0.15) is 5.75 Å². The lowest BCUT2D eigenvalue weighted by atomic mass is 10.1. The van der Waals surface area contributed by atoms with Gasteiger partial charge < -0.3 is 15.3 Å². The zero-order valence-corrected chi connectivity index (χ0v) is 9.10. The Morgan fingerprint density at radius 2 is 1.94 bits per heavy atom. The minimum absolute atomic E-state index is 0.147. The maximum Gasteiger partial charge on any atom is 0.337 e. The highest BCUT2D eigenvalue weighted by Gasteiger charge is 2.21. The van der Waals surface area contributed by atoms with Crippen molar-refractivity contribution in [1.82, 2.24) is 0 Å². The van der Waals surface area contributed by atoms with Crippen LogP contribution in [0.3, 0.4) is 0 Å². The van der Waals surface area contributed by atoms with E-state index >= 15 is 0 Å². The molecule has 88 valence electrons. The molecule has 0 amide bonds. The van der Waals surface area contributed by atoms with Gasteiger partial charge in [0.15, 0.2) is 15.9 Å². The molecular formula is C9H10O6S. The molecule has 0 saturated heterocycles. The molecule has 16 heavy (non-hydrogen) atoms. The Bertz CT molecular complexity index is 519. The molecule has 3 N–H and O–H groups in total. The van der Waals surface area contributed by atoms with Crippen LogP contribution < -0.4 is 0 Å². The summed E-state index contributed by atoms with van der Waals surface area (Å²) in [4.78, 5) is 10.3. The molecule has 1 unspecified atom stereocenters. The van der Waals surface area contributed by atoms with Crippen LogP contribution in [-0.4, -0.2) is 36.0 Å². The summed E-state index contributed by atoms with van der Waals surface area (Å²) in [5.74, 6) is -2.10. The Morgan fingerprint density at radius 1 is 1.38 bits per heavy atom. The summed E-state index contributed by atoms with van der Waals surface area (Å²) in [5, 5.41) is 27.1. The van der Waals surface area contributed by atoms with Crippen LogP contribution in [0.4, 0.5) is 0 Å². The first-order chi connectivity index (χ1) is 7.23. The van der Waals surface area contributed by atoms with Crippen LogP contribution >= 0.6 is 0 Å². The number of aromatic hydroxyl groups is 1. The van der Waals surface area contributed by atoms with E-state index < -0.39 is 27.7 Å². The molecule has 0 heterocycles. The number of carboxylic acids is 1. The van der Waals surface area contributed by atoms with Gasteiger partial charge in [0.05, 0.1) is 4.90 Å². The van der Waals surface area contributed by atoms with Crippen molar-refractivity contribution in [3.63, 3.8) is 0 Å². The van der Waals surface area contributed by atoms with E-state index in [9.17, 15) is 18.3 Å². The highest BCUT2D eigenvalue weighted by atomic mass is 32.2. The van der Waals surface area contributed by atoms with E-state index in [0.29, 0.717) is 0 Å². The highest BCUT2D eigenvalue weighted by molar-refractivity contribution is 7.90. The topological polar surface area (TPSA) is 112 Å². The number of rotatable bonds is 3. The predicted octanol–water partition coefficient (Wildman–Crippen LogP) is -0.0863. The number of hydrogen-bond donors (Lipinski definition) is 3. The van der Waals surface area contributed by atoms with Crippen LogP contribution in [0.15, 0.2) is 23.1 Å². The maximum atomic E-state index is 11.1. The second-order valence-corrected chi connectivity index (χ2v) is 5.25. The van der Waals surface area contributed by atoms with Crippen LogP contribution in [0, 0.1) is 0 Å². The zero-order valence-electron chi connectivity index (χ0n) is 8.28. The van der Waals surface area contributed by atoms with Crippen LogP contribution in [0.25, 0.3) is 0 Å². The van der Waals surface area contributed by atoms with Crippen molar-refractivity contribution in [3.05, 3.63) is 23.8 Å². The van der Waals surface area contributed by atoms with Crippen LogP contribution in [0.1, 0.15) is 11.7 Å². The fourth-order valence-corrected chi connectivity index (χ4v) is 1.76. The Morgan fingerprint density at radius 3 is 2.31 bits per heavy atom. The first-order valence-electron chi connectivity index (χ1n) is 4.17. The smallest absolute Gasteiger partial charge is 0.337 e. The monoisotopic (exact) mass is 246 g/mol. The summed E-state index contributed by atoms with van der Waals surface area (Å²) in [7, 11) is -3.48. The lowest BCUT2D eigenvalue weighted by Gasteiger charge is -2.09. The first-order valence-corrected chi connectivity index (χ1v) is 6.06. The summed E-state index contributed by atoms with van der Waals surface area (Å²) >= 11 is 0. The molecule has 7 heteroatoms. The third kappa shape index (κ3) is 2.50. The quantitative estimate of drug-likeness (QED) is 0.687. The Hall–Kier alpha value is -1.60. The summed E-state index contributed by atoms with van der Waals surface area (Å²) in [6.07, 6.45) is -0.927. The second kappa shape index (κ2) is 4.11. The van der Waals surface area contributed by atoms with E-state index in [1.165, 1.54) is 0 Å². The van der Waals surface area contributed by atoms with Gasteiger partial charge in [-0.2, -0.15) is 0 Å². The SMILES string of the molecule is CS(=O)(=O)c1ccc(C(O)C(=O)O)c(O)c1. The van der Waals surface area contributed by atoms with Crippen LogP contribution in [0.2, 0.25) is 0 Å². The molecule has 0 radical (unpaired) electrons. The van der Waals surface area contributed by atoms with Gasteiger partial charge in [-0.25, -0.2) is 13.2 Å². The van der Waals surface area contributed by atoms with E-state index in [1.54, 1.807) is 0 Å². The Labute approximate surface area is 91.7 Å². The summed E-state index contributed by atoms with van der Waals surface area (Å²) in [5.41, 5.74) is -0.250. The van der Waals surface area contributed by atoms with E-state index in [1.807, 2.05) is 0 Å². The third-order valence-corrected chi connectivity index (χ3v) is 3.07. The molecule has 0 aliphatic rings. The number of carboxylic acid groups (broad SMARTS) is 1. The number of aliphatic hydroxyl groups excluding tert-OH is 1. The average molecular weight is 246 g/mol. The zero-order chi connectivity index (χ0) is 12.5. The molecule has 0 spiro atoms. The van der Waals surface area contributed by atoms with Crippen molar-refractivity contribution in [1.29, 1.82) is 0 Å². The standard InChI is InChI=1S/C9H10O6S/c1-16(14,15)5-2-3-6(7(10)4-5)8(11)9(12)13/h2-4,8,10-11H,1H3,(H,12,13). The largest absolute Gasteiger partial charge is 0.508 e. The van der Waals surface area contributed by atoms with Crippen LogP contribution in [-0.2, 0) is 14.6 Å². The van der Waals surface area contributed by atoms with Gasteiger partial charge in [-0.1, -0.05) is 6.07 Å². The molecule has 1 aromatic rings. The molecule has 1 aromatic carbocycles. The first kappa shape index (κ1) is 12.5. The van der Waals surface area contributed by atoms with Gasteiger partial charge in [0, 0.05) is 11.8 Å². The Balaban J connectivity index is 3.25. The summed E-state index contributed by atoms with van der Waals surface area (Å²) in [6, 6.07) is 3.08. The molecule has 6 nitrogen and oxygen atoms in total. The molecule has 0 aromatic heterocycles. The van der Waals surface area contributed by atoms with Gasteiger partial charge in [-0.05, 0) is 12.1 Å². The molecule has 0 aliphatic carbocycles. The second-order valence-electron chi connectivity index (χ2n) is 3.23. The number of phenols is 1. The highest BCUT2D eigenvalue weighted by Crippen LogP contribution is 2.27. The minimum Gasteiger partial charge on any atom is -0.508 e. The van der Waals surface area contributed by atoms with E-state index in [0.717, 1.165) is 24.5 Å². The molecular weight excluding hydrogens is 236 g/mol. The molecule has 1 atom stereocenters. The molecule has 1 rings (SSSR count). The number of phenolic OH excluding ortho intramolecular Hbond substituents is 1. The van der Waals surface area contributed by atoms with Crippen molar-refractivity contribution in [2.75, 3.05) is 6.26 Å². The fraction of sp³-hybridized carbons (Fsp3) is 0.222. The van der Waals surface area contributed by atoms with Crippen molar-refractivity contribution < 1.29 is 28.5 Å². The number of aliphatic hydroxyl groups is 1. The molecule has 0 saturated carbocycles. The van der Waals surface area contributed by atoms with Gasteiger partial charge in [-0.3, -0.25) is 0 Å². The van der Waals surface area contributed by atoms with E-state index in [4.69, 9.17) is 10.2 Å². The number of hydrogen-bond acceptors (Lipinski definition) is 5. The molecule has 0 aliphatic heterocycles. The number of carbonyl (C=O) groups is 1. The fourth-order valence-electron chi connectivity index (χ4n) is 1.12.